The summed E-state index contributed by atoms with van der Waals surface area (Å²) in [6, 6.07) is 27.4. The SMILES string of the molecule is O=C1N=C(SCc2ccc(F)cc2)N(Cc2nc3ccccc3n2Cc2ccc(-c3ccc(C(F)(F)F)cc3)cc2)C2CCCC12. The fourth-order valence-corrected chi connectivity index (χ4v) is 7.43. The number of carbonyl (C=O) groups is 1. The summed E-state index contributed by atoms with van der Waals surface area (Å²) in [6.45, 7) is 1.02. The number of amidine groups is 1. The van der Waals surface area contributed by atoms with Crippen molar-refractivity contribution in [3.8, 4) is 11.1 Å². The largest absolute Gasteiger partial charge is 0.416 e. The zero-order valence-electron chi connectivity index (χ0n) is 24.8. The Labute approximate surface area is 268 Å². The maximum absolute atomic E-state index is 13.5. The Morgan fingerprint density at radius 2 is 1.48 bits per heavy atom. The Hall–Kier alpha value is -4.44. The summed E-state index contributed by atoms with van der Waals surface area (Å²) in [5.41, 5.74) is 4.69. The van der Waals surface area contributed by atoms with E-state index in [1.54, 1.807) is 12.1 Å². The van der Waals surface area contributed by atoms with Crippen LogP contribution in [0.5, 0.6) is 0 Å². The number of rotatable bonds is 7. The molecule has 4 aromatic carbocycles. The minimum atomic E-state index is -4.37. The molecule has 1 saturated carbocycles. The van der Waals surface area contributed by atoms with Crippen molar-refractivity contribution in [3.63, 3.8) is 0 Å². The van der Waals surface area contributed by atoms with Gasteiger partial charge in [-0.25, -0.2) is 9.37 Å². The fourth-order valence-electron chi connectivity index (χ4n) is 6.43. The number of nitrogens with zero attached hydrogens (tertiary/aromatic N) is 4. The van der Waals surface area contributed by atoms with Crippen LogP contribution in [0.25, 0.3) is 22.2 Å². The van der Waals surface area contributed by atoms with Gasteiger partial charge in [0.25, 0.3) is 5.91 Å². The molecule has 0 N–H and O–H groups in total. The number of carbonyl (C=O) groups excluding carboxylic acids is 1. The molecule has 2 heterocycles. The van der Waals surface area contributed by atoms with Gasteiger partial charge in [-0.1, -0.05) is 78.8 Å². The molecule has 2 unspecified atom stereocenters. The second-order valence-electron chi connectivity index (χ2n) is 11.8. The average molecular weight is 643 g/mol. The van der Waals surface area contributed by atoms with Gasteiger partial charge in [0.2, 0.25) is 0 Å². The maximum atomic E-state index is 13.5. The molecule has 1 aliphatic heterocycles. The minimum Gasteiger partial charge on any atom is -0.340 e. The molecule has 10 heteroatoms. The van der Waals surface area contributed by atoms with Crippen LogP contribution in [0, 0.1) is 11.7 Å². The van der Waals surface area contributed by atoms with Gasteiger partial charge in [-0.05, 0) is 71.5 Å². The molecule has 1 aromatic heterocycles. The number of amides is 1. The number of fused-ring (bicyclic) bond motifs is 2. The van der Waals surface area contributed by atoms with Gasteiger partial charge < -0.3 is 9.47 Å². The first-order valence-corrected chi connectivity index (χ1v) is 16.2. The molecule has 5 nitrogen and oxygen atoms in total. The molecular weight excluding hydrogens is 612 g/mol. The lowest BCUT2D eigenvalue weighted by Crippen LogP contribution is -2.47. The van der Waals surface area contributed by atoms with E-state index in [1.165, 1.54) is 36.0 Å². The zero-order chi connectivity index (χ0) is 31.8. The van der Waals surface area contributed by atoms with E-state index in [4.69, 9.17) is 4.98 Å². The number of halogens is 4. The van der Waals surface area contributed by atoms with Crippen molar-refractivity contribution < 1.29 is 22.4 Å². The van der Waals surface area contributed by atoms with E-state index in [0.717, 1.165) is 64.9 Å². The van der Waals surface area contributed by atoms with Gasteiger partial charge in [0.05, 0.1) is 29.1 Å². The number of hydrogen-bond acceptors (Lipinski definition) is 4. The molecule has 0 saturated heterocycles. The lowest BCUT2D eigenvalue weighted by Gasteiger charge is -2.37. The van der Waals surface area contributed by atoms with Crippen molar-refractivity contribution in [1.29, 1.82) is 0 Å². The van der Waals surface area contributed by atoms with Gasteiger partial charge >= 0.3 is 6.18 Å². The predicted octanol–water partition coefficient (Wildman–Crippen LogP) is 8.71. The first-order chi connectivity index (χ1) is 22.2. The molecule has 0 radical (unpaired) electrons. The highest BCUT2D eigenvalue weighted by Crippen LogP contribution is 2.38. The van der Waals surface area contributed by atoms with Gasteiger partial charge in [0.1, 0.15) is 11.6 Å². The highest BCUT2D eigenvalue weighted by atomic mass is 32.2. The number of aliphatic imine (C=N–C) groups is 1. The normalized spacial score (nSPS) is 18.2. The van der Waals surface area contributed by atoms with Crippen LogP contribution in [-0.2, 0) is 29.8 Å². The topological polar surface area (TPSA) is 50.5 Å². The Morgan fingerprint density at radius 1 is 0.804 bits per heavy atom. The molecule has 2 aliphatic rings. The highest BCUT2D eigenvalue weighted by molar-refractivity contribution is 8.13. The van der Waals surface area contributed by atoms with E-state index in [2.05, 4.69) is 14.5 Å². The van der Waals surface area contributed by atoms with Crippen molar-refractivity contribution in [1.82, 2.24) is 14.5 Å². The van der Waals surface area contributed by atoms with Gasteiger partial charge in [-0.2, -0.15) is 18.2 Å². The van der Waals surface area contributed by atoms with Crippen LogP contribution in [0.1, 0.15) is 41.8 Å². The molecule has 5 aromatic rings. The van der Waals surface area contributed by atoms with Crippen LogP contribution in [0.3, 0.4) is 0 Å². The molecule has 0 bridgehead atoms. The Bertz CT molecular complexity index is 1900. The van der Waals surface area contributed by atoms with Crippen LogP contribution in [-0.4, -0.2) is 31.6 Å². The molecule has 2 atom stereocenters. The molecule has 1 aliphatic carbocycles. The van der Waals surface area contributed by atoms with Crippen LogP contribution < -0.4 is 0 Å². The zero-order valence-corrected chi connectivity index (χ0v) is 25.6. The first-order valence-electron chi connectivity index (χ1n) is 15.2. The molecule has 46 heavy (non-hydrogen) atoms. The minimum absolute atomic E-state index is 0.0389. The summed E-state index contributed by atoms with van der Waals surface area (Å²) in [5, 5.41) is 0.664. The molecular formula is C36H30F4N4OS. The summed E-state index contributed by atoms with van der Waals surface area (Å²) in [7, 11) is 0. The standard InChI is InChI=1S/C36H30F4N4OS/c37-28-18-10-24(11-19-28)22-46-35-42-34(45)29-4-3-7-31(29)44(35)21-33-41-30-5-1-2-6-32(30)43(33)20-23-8-12-25(13-9-23)26-14-16-27(17-15-26)36(38,39)40/h1-2,5-6,8-19,29,31H,3-4,7,20-22H2. The summed E-state index contributed by atoms with van der Waals surface area (Å²) in [6.07, 6.45) is -1.69. The summed E-state index contributed by atoms with van der Waals surface area (Å²) >= 11 is 1.49. The second-order valence-corrected chi connectivity index (χ2v) is 12.7. The number of para-hydroxylation sites is 2. The number of thioether (sulfide) groups is 1. The van der Waals surface area contributed by atoms with Crippen molar-refractivity contribution in [2.45, 2.75) is 50.3 Å². The van der Waals surface area contributed by atoms with E-state index >= 15 is 0 Å². The third-order valence-corrected chi connectivity index (χ3v) is 9.88. The van der Waals surface area contributed by atoms with Crippen molar-refractivity contribution in [2.24, 2.45) is 10.9 Å². The monoisotopic (exact) mass is 642 g/mol. The van der Waals surface area contributed by atoms with Crippen LogP contribution in [0.2, 0.25) is 0 Å². The van der Waals surface area contributed by atoms with Crippen LogP contribution in [0.15, 0.2) is 102 Å². The summed E-state index contributed by atoms with van der Waals surface area (Å²) < 4.78 is 54.7. The number of hydrogen-bond donors (Lipinski definition) is 0. The third kappa shape index (κ3) is 6.18. The van der Waals surface area contributed by atoms with Crippen LogP contribution >= 0.6 is 11.8 Å². The molecule has 7 rings (SSSR count). The predicted molar refractivity (Wildman–Crippen MR) is 173 cm³/mol. The van der Waals surface area contributed by atoms with E-state index in [1.807, 2.05) is 48.5 Å². The maximum Gasteiger partial charge on any atom is 0.416 e. The molecule has 1 fully saturated rings. The van der Waals surface area contributed by atoms with Crippen LogP contribution in [0.4, 0.5) is 17.6 Å². The van der Waals surface area contributed by atoms with Gasteiger partial charge in [-0.3, -0.25) is 4.79 Å². The van der Waals surface area contributed by atoms with Crippen molar-refractivity contribution >= 4 is 33.9 Å². The summed E-state index contributed by atoms with van der Waals surface area (Å²) in [4.78, 5) is 24.9. The Morgan fingerprint density at radius 3 is 2.20 bits per heavy atom. The quantitative estimate of drug-likeness (QED) is 0.167. The van der Waals surface area contributed by atoms with E-state index in [-0.39, 0.29) is 23.7 Å². The van der Waals surface area contributed by atoms with E-state index < -0.39 is 11.7 Å². The van der Waals surface area contributed by atoms with Gasteiger partial charge in [0, 0.05) is 18.3 Å². The number of imidazole rings is 1. The van der Waals surface area contributed by atoms with Crippen molar-refractivity contribution in [3.05, 3.63) is 125 Å². The number of alkyl halides is 3. The second kappa shape index (κ2) is 12.4. The summed E-state index contributed by atoms with van der Waals surface area (Å²) in [5.74, 6) is 0.917. The van der Waals surface area contributed by atoms with Crippen molar-refractivity contribution in [2.75, 3.05) is 0 Å². The lowest BCUT2D eigenvalue weighted by molar-refractivity contribution is -0.137. The number of benzene rings is 4. The first kappa shape index (κ1) is 30.2. The lowest BCUT2D eigenvalue weighted by atomic mass is 10.0. The number of aromatic nitrogens is 2. The van der Waals surface area contributed by atoms with E-state index in [0.29, 0.717) is 29.6 Å². The Kier molecular flexibility index (Phi) is 8.15. The fraction of sp³-hybridized carbons (Fsp3) is 0.250. The molecule has 1 amide bonds. The third-order valence-electron chi connectivity index (χ3n) is 8.82. The smallest absolute Gasteiger partial charge is 0.340 e. The molecule has 0 spiro atoms. The average Bonchev–Trinajstić information content (AvgIpc) is 3.68. The van der Waals surface area contributed by atoms with Gasteiger partial charge in [-0.15, -0.1) is 0 Å². The van der Waals surface area contributed by atoms with Gasteiger partial charge in [0.15, 0.2) is 5.17 Å². The highest BCUT2D eigenvalue weighted by Gasteiger charge is 2.42. The molecule has 234 valence electrons. The van der Waals surface area contributed by atoms with E-state index in [9.17, 15) is 22.4 Å². The Balaban J connectivity index is 1.16.